The van der Waals surface area contributed by atoms with Gasteiger partial charge in [0.15, 0.2) is 5.96 Å². The number of guanidine groups is 1. The van der Waals surface area contributed by atoms with E-state index in [-0.39, 0.29) is 0 Å². The Balaban J connectivity index is 2.35. The third kappa shape index (κ3) is 2.13. The molecule has 0 saturated heterocycles. The summed E-state index contributed by atoms with van der Waals surface area (Å²) in [5, 5.41) is 0. The molecule has 1 unspecified atom stereocenters. The van der Waals surface area contributed by atoms with Gasteiger partial charge in [0.05, 0.1) is 6.54 Å². The third-order valence-electron chi connectivity index (χ3n) is 2.29. The molecule has 0 radical (unpaired) electrons. The second-order valence-corrected chi connectivity index (χ2v) is 3.92. The van der Waals surface area contributed by atoms with E-state index in [1.54, 1.807) is 0 Å². The van der Waals surface area contributed by atoms with Crippen molar-refractivity contribution in [2.24, 2.45) is 16.6 Å². The Kier molecular flexibility index (Phi) is 2.95. The summed E-state index contributed by atoms with van der Waals surface area (Å²) in [6, 6.07) is 0.503. The molecule has 0 aromatic carbocycles. The van der Waals surface area contributed by atoms with Crippen LogP contribution >= 0.6 is 0 Å². The topological polar surface area (TPSA) is 41.6 Å². The van der Waals surface area contributed by atoms with Gasteiger partial charge in [-0.3, -0.25) is 4.99 Å². The van der Waals surface area contributed by atoms with E-state index in [0.717, 1.165) is 25.0 Å². The quantitative estimate of drug-likeness (QED) is 0.686. The number of nitrogens with two attached hydrogens (primary N) is 1. The molecule has 1 rings (SSSR count). The first-order valence-electron chi connectivity index (χ1n) is 4.68. The highest BCUT2D eigenvalue weighted by molar-refractivity contribution is 5.80. The lowest BCUT2D eigenvalue weighted by molar-refractivity contribution is 0.335. The molecule has 3 heteroatoms. The van der Waals surface area contributed by atoms with Gasteiger partial charge < -0.3 is 10.6 Å². The van der Waals surface area contributed by atoms with E-state index in [1.807, 2.05) is 0 Å². The molecule has 1 heterocycles. The standard InChI is InChI=1S/C9H19N3/c1-7(2)4-5-12-8(3)6-11-9(12)10/h7-8H,4-6H2,1-3H3,(H2,10,11). The Morgan fingerprint density at radius 1 is 1.67 bits per heavy atom. The van der Waals surface area contributed by atoms with Gasteiger partial charge >= 0.3 is 0 Å². The maximum absolute atomic E-state index is 5.73. The van der Waals surface area contributed by atoms with Crippen molar-refractivity contribution in [3.05, 3.63) is 0 Å². The fourth-order valence-corrected chi connectivity index (χ4v) is 1.37. The molecule has 0 amide bonds. The molecule has 0 bridgehead atoms. The summed E-state index contributed by atoms with van der Waals surface area (Å²) < 4.78 is 0. The van der Waals surface area contributed by atoms with Gasteiger partial charge in [-0.05, 0) is 19.3 Å². The van der Waals surface area contributed by atoms with Gasteiger partial charge in [0, 0.05) is 12.6 Å². The second-order valence-electron chi connectivity index (χ2n) is 3.92. The Morgan fingerprint density at radius 3 is 2.75 bits per heavy atom. The highest BCUT2D eigenvalue weighted by Crippen LogP contribution is 2.10. The lowest BCUT2D eigenvalue weighted by Crippen LogP contribution is -2.40. The monoisotopic (exact) mass is 169 g/mol. The first-order valence-corrected chi connectivity index (χ1v) is 4.68. The van der Waals surface area contributed by atoms with Crippen LogP contribution in [0.3, 0.4) is 0 Å². The highest BCUT2D eigenvalue weighted by Gasteiger charge is 2.20. The number of aliphatic imine (C=N–C) groups is 1. The minimum Gasteiger partial charge on any atom is -0.370 e. The van der Waals surface area contributed by atoms with Gasteiger partial charge in [-0.2, -0.15) is 0 Å². The number of hydrogen-bond acceptors (Lipinski definition) is 3. The molecule has 0 spiro atoms. The van der Waals surface area contributed by atoms with Gasteiger partial charge in [0.25, 0.3) is 0 Å². The summed E-state index contributed by atoms with van der Waals surface area (Å²) in [4.78, 5) is 6.39. The van der Waals surface area contributed by atoms with E-state index < -0.39 is 0 Å². The number of rotatable bonds is 3. The van der Waals surface area contributed by atoms with E-state index in [1.165, 1.54) is 6.42 Å². The average molecular weight is 169 g/mol. The molecular formula is C9H19N3. The Bertz CT molecular complexity index is 175. The molecule has 0 aliphatic carbocycles. The fraction of sp³-hybridized carbons (Fsp3) is 0.889. The van der Waals surface area contributed by atoms with Crippen molar-refractivity contribution in [1.82, 2.24) is 4.90 Å². The van der Waals surface area contributed by atoms with Crippen LogP contribution < -0.4 is 5.73 Å². The zero-order chi connectivity index (χ0) is 9.14. The lowest BCUT2D eigenvalue weighted by Gasteiger charge is -2.23. The zero-order valence-corrected chi connectivity index (χ0v) is 8.25. The van der Waals surface area contributed by atoms with Crippen molar-refractivity contribution in [2.75, 3.05) is 13.1 Å². The summed E-state index contributed by atoms with van der Waals surface area (Å²) in [5.41, 5.74) is 5.73. The summed E-state index contributed by atoms with van der Waals surface area (Å²) >= 11 is 0. The third-order valence-corrected chi connectivity index (χ3v) is 2.29. The van der Waals surface area contributed by atoms with Crippen molar-refractivity contribution in [3.63, 3.8) is 0 Å². The van der Waals surface area contributed by atoms with Crippen LogP contribution in [0.5, 0.6) is 0 Å². The molecule has 2 N–H and O–H groups in total. The van der Waals surface area contributed by atoms with Crippen molar-refractivity contribution >= 4 is 5.96 Å². The summed E-state index contributed by atoms with van der Waals surface area (Å²) in [5.74, 6) is 1.47. The van der Waals surface area contributed by atoms with Crippen LogP contribution in [0.2, 0.25) is 0 Å². The molecule has 0 saturated carbocycles. The van der Waals surface area contributed by atoms with Gasteiger partial charge in [-0.25, -0.2) is 0 Å². The largest absolute Gasteiger partial charge is 0.370 e. The zero-order valence-electron chi connectivity index (χ0n) is 8.25. The van der Waals surface area contributed by atoms with Crippen LogP contribution in [0, 0.1) is 5.92 Å². The van der Waals surface area contributed by atoms with Gasteiger partial charge in [0.2, 0.25) is 0 Å². The van der Waals surface area contributed by atoms with Crippen LogP contribution in [0.1, 0.15) is 27.2 Å². The minimum atomic E-state index is 0.503. The highest BCUT2D eigenvalue weighted by atomic mass is 15.3. The number of nitrogens with zero attached hydrogens (tertiary/aromatic N) is 2. The lowest BCUT2D eigenvalue weighted by atomic mass is 10.1. The van der Waals surface area contributed by atoms with Crippen molar-refractivity contribution in [3.8, 4) is 0 Å². The molecule has 12 heavy (non-hydrogen) atoms. The molecule has 0 aromatic heterocycles. The Hall–Kier alpha value is -0.730. The molecule has 1 atom stereocenters. The van der Waals surface area contributed by atoms with Crippen molar-refractivity contribution < 1.29 is 0 Å². The molecule has 70 valence electrons. The Labute approximate surface area is 74.6 Å². The predicted molar refractivity (Wildman–Crippen MR) is 52.1 cm³/mol. The average Bonchev–Trinajstić information content (AvgIpc) is 2.28. The second kappa shape index (κ2) is 3.78. The van der Waals surface area contributed by atoms with E-state index in [4.69, 9.17) is 5.73 Å². The Morgan fingerprint density at radius 2 is 2.33 bits per heavy atom. The van der Waals surface area contributed by atoms with E-state index >= 15 is 0 Å². The van der Waals surface area contributed by atoms with E-state index in [9.17, 15) is 0 Å². The van der Waals surface area contributed by atoms with Crippen LogP contribution in [0.25, 0.3) is 0 Å². The maximum Gasteiger partial charge on any atom is 0.191 e. The molecule has 3 nitrogen and oxygen atoms in total. The van der Waals surface area contributed by atoms with Crippen LogP contribution in [0.15, 0.2) is 4.99 Å². The van der Waals surface area contributed by atoms with E-state index in [2.05, 4.69) is 30.7 Å². The normalized spacial score (nSPS) is 23.5. The van der Waals surface area contributed by atoms with E-state index in [0.29, 0.717) is 6.04 Å². The van der Waals surface area contributed by atoms with Gasteiger partial charge in [-0.15, -0.1) is 0 Å². The van der Waals surface area contributed by atoms with Gasteiger partial charge in [0.1, 0.15) is 0 Å². The van der Waals surface area contributed by atoms with Crippen LogP contribution in [-0.2, 0) is 0 Å². The van der Waals surface area contributed by atoms with Crippen LogP contribution in [-0.4, -0.2) is 30.0 Å². The molecule has 1 aliphatic heterocycles. The van der Waals surface area contributed by atoms with Crippen molar-refractivity contribution in [2.45, 2.75) is 33.2 Å². The molecule has 0 aromatic rings. The maximum atomic E-state index is 5.73. The number of hydrogen-bond donors (Lipinski definition) is 1. The minimum absolute atomic E-state index is 0.503. The van der Waals surface area contributed by atoms with Crippen LogP contribution in [0.4, 0.5) is 0 Å². The summed E-state index contributed by atoms with van der Waals surface area (Å²) in [6.07, 6.45) is 1.20. The SMILES string of the molecule is CC(C)CCN1C(N)=NCC1C. The fourth-order valence-electron chi connectivity index (χ4n) is 1.37. The summed E-state index contributed by atoms with van der Waals surface area (Å²) in [7, 11) is 0. The molecule has 0 fully saturated rings. The van der Waals surface area contributed by atoms with Gasteiger partial charge in [-0.1, -0.05) is 13.8 Å². The summed E-state index contributed by atoms with van der Waals surface area (Å²) in [6.45, 7) is 8.55. The smallest absolute Gasteiger partial charge is 0.191 e. The molecular weight excluding hydrogens is 150 g/mol. The predicted octanol–water partition coefficient (Wildman–Crippen LogP) is 1.05. The first kappa shape index (κ1) is 9.36. The van der Waals surface area contributed by atoms with Crippen molar-refractivity contribution in [1.29, 1.82) is 0 Å². The first-order chi connectivity index (χ1) is 5.61. The molecule has 1 aliphatic rings.